The molecule has 2 heterocycles. The molecule has 4 rings (SSSR count). The molecule has 0 saturated carbocycles. The van der Waals surface area contributed by atoms with Gasteiger partial charge in [-0.3, -0.25) is 0 Å². The normalized spacial score (nSPS) is 19.3. The molecule has 0 aliphatic carbocycles. The molecule has 0 bridgehead atoms. The van der Waals surface area contributed by atoms with Gasteiger partial charge >= 0.3 is 36.5 Å². The Morgan fingerprint density at radius 1 is 0.673 bits per heavy atom. The van der Waals surface area contributed by atoms with E-state index in [1.54, 1.807) is 0 Å². The summed E-state index contributed by atoms with van der Waals surface area (Å²) in [5.41, 5.74) is 0.403. The number of benzene rings is 2. The molecule has 2 aromatic carbocycles. The minimum Gasteiger partial charge on any atom is -0.463 e. The van der Waals surface area contributed by atoms with Crippen LogP contribution in [-0.4, -0.2) is 106 Å². The lowest BCUT2D eigenvalue weighted by molar-refractivity contribution is -0.217. The van der Waals surface area contributed by atoms with Gasteiger partial charge in [0.1, 0.15) is 23.7 Å². The predicted molar refractivity (Wildman–Crippen MR) is 176 cm³/mol. The van der Waals surface area contributed by atoms with Gasteiger partial charge in [0.15, 0.2) is 12.2 Å². The van der Waals surface area contributed by atoms with Gasteiger partial charge in [0.05, 0.1) is 50.8 Å². The molecule has 0 spiro atoms. The van der Waals surface area contributed by atoms with Gasteiger partial charge < -0.3 is 52.5 Å². The second kappa shape index (κ2) is 20.5. The van der Waals surface area contributed by atoms with Gasteiger partial charge in [0.2, 0.25) is 0 Å². The van der Waals surface area contributed by atoms with Crippen LogP contribution in [0.3, 0.4) is 0 Å². The molecule has 2 aliphatic heterocycles. The highest BCUT2D eigenvalue weighted by atomic mass is 16.8. The minimum absolute atomic E-state index is 0.0258. The lowest BCUT2D eigenvalue weighted by atomic mass is 10.1. The van der Waals surface area contributed by atoms with E-state index < -0.39 is 60.9 Å². The van der Waals surface area contributed by atoms with Crippen molar-refractivity contribution in [2.24, 2.45) is 0 Å². The van der Waals surface area contributed by atoms with Crippen molar-refractivity contribution in [2.75, 3.05) is 39.6 Å². The average Bonchev–Trinajstić information content (AvgIpc) is 3.74. The summed E-state index contributed by atoms with van der Waals surface area (Å²) in [6.07, 6.45) is 0.385. The molecule has 16 nitrogen and oxygen atoms in total. The molecule has 0 aromatic heterocycles. The number of unbranched alkanes of at least 4 members (excludes halogenated alkanes) is 2. The van der Waals surface area contributed by atoms with E-state index in [-0.39, 0.29) is 62.3 Å². The molecular weight excluding hydrogens is 688 g/mol. The lowest BCUT2D eigenvalue weighted by Gasteiger charge is -2.17. The van der Waals surface area contributed by atoms with Crippen LogP contribution in [0.2, 0.25) is 0 Å². The molecule has 5 atom stereocenters. The first kappa shape index (κ1) is 39.5. The summed E-state index contributed by atoms with van der Waals surface area (Å²) < 4.78 is 53.0. The number of aliphatic hydroxyl groups is 1. The molecule has 2 fully saturated rings. The van der Waals surface area contributed by atoms with Crippen LogP contribution in [0.4, 0.5) is 4.79 Å². The van der Waals surface area contributed by atoms with Crippen molar-refractivity contribution in [1.82, 2.24) is 0 Å². The van der Waals surface area contributed by atoms with E-state index in [0.29, 0.717) is 25.7 Å². The molecule has 280 valence electrons. The van der Waals surface area contributed by atoms with Gasteiger partial charge in [0.25, 0.3) is 0 Å². The van der Waals surface area contributed by atoms with E-state index in [0.717, 1.165) is 12.2 Å². The summed E-state index contributed by atoms with van der Waals surface area (Å²) >= 11 is 0. The van der Waals surface area contributed by atoms with Gasteiger partial charge in [0, 0.05) is 12.2 Å². The summed E-state index contributed by atoms with van der Waals surface area (Å²) in [5.74, 6) is -1.94. The van der Waals surface area contributed by atoms with Crippen LogP contribution < -0.4 is 9.47 Å². The van der Waals surface area contributed by atoms with Crippen LogP contribution in [-0.2, 0) is 47.5 Å². The summed E-state index contributed by atoms with van der Waals surface area (Å²) in [4.78, 5) is 59.6. The molecule has 16 heteroatoms. The van der Waals surface area contributed by atoms with Gasteiger partial charge in [-0.25, -0.2) is 24.0 Å². The van der Waals surface area contributed by atoms with Crippen molar-refractivity contribution in [2.45, 2.75) is 56.6 Å². The summed E-state index contributed by atoms with van der Waals surface area (Å²) in [5, 5.41) is 9.95. The zero-order valence-electron chi connectivity index (χ0n) is 28.2. The Hall–Kier alpha value is -5.29. The maximum atomic E-state index is 12.8. The molecule has 2 saturated heterocycles. The Morgan fingerprint density at radius 2 is 1.12 bits per heavy atom. The molecule has 1 N–H and O–H groups in total. The highest BCUT2D eigenvalue weighted by molar-refractivity contribution is 5.90. The quantitative estimate of drug-likeness (QED) is 0.0519. The van der Waals surface area contributed by atoms with E-state index in [9.17, 15) is 29.1 Å². The maximum absolute atomic E-state index is 12.8. The van der Waals surface area contributed by atoms with Crippen molar-refractivity contribution >= 4 is 30.0 Å². The Balaban J connectivity index is 1.14. The predicted octanol–water partition coefficient (Wildman–Crippen LogP) is 3.44. The fourth-order valence-electron chi connectivity index (χ4n) is 4.86. The van der Waals surface area contributed by atoms with Crippen molar-refractivity contribution in [1.29, 1.82) is 0 Å². The Morgan fingerprint density at radius 3 is 1.60 bits per heavy atom. The van der Waals surface area contributed by atoms with Crippen molar-refractivity contribution in [3.8, 4) is 11.5 Å². The van der Waals surface area contributed by atoms with Crippen molar-refractivity contribution in [3.05, 3.63) is 85.0 Å². The second-order valence-corrected chi connectivity index (χ2v) is 11.2. The number of ether oxygens (including phenoxy) is 10. The van der Waals surface area contributed by atoms with Crippen molar-refractivity contribution < 1.29 is 76.4 Å². The second-order valence-electron chi connectivity index (χ2n) is 11.2. The van der Waals surface area contributed by atoms with Crippen LogP contribution in [0.5, 0.6) is 11.5 Å². The number of fused-ring (bicyclic) bond motifs is 1. The number of hydrogen-bond acceptors (Lipinski definition) is 16. The van der Waals surface area contributed by atoms with Crippen LogP contribution in [0.15, 0.2) is 73.8 Å². The van der Waals surface area contributed by atoms with E-state index in [4.69, 9.17) is 47.4 Å². The monoisotopic (exact) mass is 728 g/mol. The summed E-state index contributed by atoms with van der Waals surface area (Å²) in [6, 6.07) is 11.5. The minimum atomic E-state index is -1.54. The molecule has 52 heavy (non-hydrogen) atoms. The SMILES string of the molecule is C=CC(=O)OCCCCOC(=O)Oc1ccc(C(=O)O[C@@H]2COC3C2OC[C@H]3OC(=O)c2ccc(OC(O)OCCCCOC(=O)C=C)cc2)cc1. The molecule has 0 amide bonds. The van der Waals surface area contributed by atoms with Gasteiger partial charge in [-0.05, 0) is 74.2 Å². The lowest BCUT2D eigenvalue weighted by Crippen LogP contribution is -2.36. The van der Waals surface area contributed by atoms with Crippen molar-refractivity contribution in [3.63, 3.8) is 0 Å². The highest BCUT2D eigenvalue weighted by Crippen LogP contribution is 2.32. The fourth-order valence-corrected chi connectivity index (χ4v) is 4.86. The van der Waals surface area contributed by atoms with Crippen LogP contribution in [0.25, 0.3) is 0 Å². The smallest absolute Gasteiger partial charge is 0.463 e. The fraction of sp³-hybridized carbons (Fsp3) is 0.417. The van der Waals surface area contributed by atoms with Gasteiger partial charge in [-0.2, -0.15) is 0 Å². The molecule has 3 unspecified atom stereocenters. The topological polar surface area (TPSA) is 198 Å². The van der Waals surface area contributed by atoms with Gasteiger partial charge in [-0.15, -0.1) is 0 Å². The zero-order chi connectivity index (χ0) is 37.3. The maximum Gasteiger partial charge on any atom is 0.513 e. The third kappa shape index (κ3) is 12.5. The number of rotatable bonds is 20. The summed E-state index contributed by atoms with van der Waals surface area (Å²) in [7, 11) is 0. The Kier molecular flexibility index (Phi) is 15.6. The molecule has 2 aliphatic rings. The van der Waals surface area contributed by atoms with Gasteiger partial charge in [-0.1, -0.05) is 13.2 Å². The average molecular weight is 729 g/mol. The first-order chi connectivity index (χ1) is 25.2. The van der Waals surface area contributed by atoms with E-state index in [1.165, 1.54) is 48.5 Å². The third-order valence-corrected chi connectivity index (χ3v) is 7.48. The number of hydrogen-bond donors (Lipinski definition) is 1. The number of aliphatic hydroxyl groups excluding tert-OH is 1. The first-order valence-electron chi connectivity index (χ1n) is 16.4. The summed E-state index contributed by atoms with van der Waals surface area (Å²) in [6.45, 7) is 5.73. The van der Waals surface area contributed by atoms with Crippen LogP contribution in [0, 0.1) is 0 Å². The number of carbonyl (C=O) groups is 5. The first-order valence-corrected chi connectivity index (χ1v) is 16.4. The largest absolute Gasteiger partial charge is 0.513 e. The Labute approximate surface area is 299 Å². The van der Waals surface area contributed by atoms with E-state index in [2.05, 4.69) is 13.2 Å². The zero-order valence-corrected chi connectivity index (χ0v) is 28.2. The van der Waals surface area contributed by atoms with Crippen LogP contribution >= 0.6 is 0 Å². The molecule has 0 radical (unpaired) electrons. The number of carbonyl (C=O) groups excluding carboxylic acids is 5. The van der Waals surface area contributed by atoms with E-state index >= 15 is 0 Å². The highest BCUT2D eigenvalue weighted by Gasteiger charge is 2.51. The number of esters is 4. The van der Waals surface area contributed by atoms with E-state index in [1.807, 2.05) is 0 Å². The van der Waals surface area contributed by atoms with Crippen LogP contribution in [0.1, 0.15) is 46.4 Å². The molecular formula is C36H40O16. The third-order valence-electron chi connectivity index (χ3n) is 7.48. The Bertz CT molecular complexity index is 1520. The molecule has 2 aromatic rings. The standard InChI is InChI=1S/C36H40O16/c1-3-29(37)43-17-5-7-19-45-35(41)49-25-13-9-23(10-14-25)33(39)51-27-21-47-32-28(22-48-31(27)32)52-34(40)24-11-15-26(16-12-24)50-36(42)46-20-8-6-18-44-30(38)4-2/h3-4,9-16,27-28,31-32,35,41H,1-2,5-8,17-22H2/t27-,28-,31?,32?,35?/m1/s1.